The summed E-state index contributed by atoms with van der Waals surface area (Å²) in [5, 5.41) is 26.2. The molecule has 3 heterocycles. The second kappa shape index (κ2) is 39.3. The van der Waals surface area contributed by atoms with Crippen molar-refractivity contribution in [1.82, 2.24) is 45.0 Å². The van der Waals surface area contributed by atoms with Gasteiger partial charge in [0.1, 0.15) is 60.4 Å². The standard InChI is InChI=1S/C78H122B3N9O16/c1-52-34-59(41-79)37-66(69(52)102-56(5)91)94-48-62-44-88(85-82-62)28-22-72(8,9)97-31-25-75(14,15)101-51-65(106-77(18,19)27-33-99-74(12,13)24-30-90-46-64(84-87-90)50-96-68-39-61(43-81)36-54(3)71(68)104-58(7)93)40-78(20,21)100-47-55(4)105-76(16,17)26-32-98-73(10,11)23-29-89-45-63(83-86-89)49-95-67-38-60(42-80)35-53(2)70(67)103-57(6)92/h34-39,44-46,55,65H,22-33,40-43,47-51,79-81H2,1-21H3. The SMILES string of the molecule is BCc1cc(C)c(OC(C)=O)c(OCc2cn(CCC(C)(C)OCCC(C)(C)OCC(CC(C)(C)OCC(C)OC(C)(C)CCOC(C)(C)CCn3cc(COc4cc(CB)cc(C)c4OC(C)=O)nn3)OC(C)(C)CCOC(C)(C)CCn3cc(COc4cc(CB)cc(C)c4OC(C)=O)nn3)nn2)c1. The van der Waals surface area contributed by atoms with Gasteiger partial charge in [-0.25, -0.2) is 0 Å². The monoisotopic (exact) mass is 1470 g/mol. The number of nitrogens with zero attached hydrogens (tertiary/aromatic N) is 9. The van der Waals surface area contributed by atoms with Crippen LogP contribution in [0.3, 0.4) is 0 Å². The van der Waals surface area contributed by atoms with Gasteiger partial charge in [-0.15, -0.1) is 15.3 Å². The highest BCUT2D eigenvalue weighted by Crippen LogP contribution is 2.37. The number of aromatic nitrogens is 9. The zero-order valence-corrected chi connectivity index (χ0v) is 68.3. The van der Waals surface area contributed by atoms with Gasteiger partial charge < -0.3 is 61.6 Å². The van der Waals surface area contributed by atoms with Gasteiger partial charge in [0.05, 0.1) is 103 Å². The maximum Gasteiger partial charge on any atom is 0.308 e. The highest BCUT2D eigenvalue weighted by atomic mass is 16.6. The van der Waals surface area contributed by atoms with E-state index in [4.69, 9.17) is 61.6 Å². The fourth-order valence-corrected chi connectivity index (χ4v) is 11.9. The topological polar surface area (TPSA) is 263 Å². The molecule has 25 nitrogen and oxygen atoms in total. The third-order valence-corrected chi connectivity index (χ3v) is 18.3. The predicted molar refractivity (Wildman–Crippen MR) is 413 cm³/mol. The number of aryl methyl sites for hydroxylation is 6. The van der Waals surface area contributed by atoms with Crippen molar-refractivity contribution >= 4 is 41.4 Å². The van der Waals surface area contributed by atoms with Crippen molar-refractivity contribution in [3.63, 3.8) is 0 Å². The Hall–Kier alpha value is -7.20. The zero-order chi connectivity index (χ0) is 78.4. The van der Waals surface area contributed by atoms with Crippen molar-refractivity contribution in [3.05, 3.63) is 105 Å². The first-order valence-corrected chi connectivity index (χ1v) is 37.6. The van der Waals surface area contributed by atoms with E-state index >= 15 is 0 Å². The average Bonchev–Trinajstić information content (AvgIpc) is 0.926. The second-order valence-electron chi connectivity index (χ2n) is 32.2. The van der Waals surface area contributed by atoms with Crippen molar-refractivity contribution in [2.24, 2.45) is 0 Å². The van der Waals surface area contributed by atoms with Crippen LogP contribution in [0.2, 0.25) is 0 Å². The van der Waals surface area contributed by atoms with E-state index in [-0.39, 0.29) is 32.0 Å². The highest BCUT2D eigenvalue weighted by molar-refractivity contribution is 6.09. The van der Waals surface area contributed by atoms with Crippen LogP contribution < -0.4 is 28.4 Å². The van der Waals surface area contributed by atoms with Gasteiger partial charge in [0.15, 0.2) is 34.5 Å². The molecule has 0 N–H and O–H groups in total. The molecule has 106 heavy (non-hydrogen) atoms. The molecule has 3 aromatic carbocycles. The van der Waals surface area contributed by atoms with Gasteiger partial charge in [-0.2, -0.15) is 0 Å². The molecule has 6 aromatic rings. The van der Waals surface area contributed by atoms with E-state index in [0.717, 1.165) is 52.3 Å². The lowest BCUT2D eigenvalue weighted by molar-refractivity contribution is -0.176. The molecule has 28 heteroatoms. The fourth-order valence-electron chi connectivity index (χ4n) is 11.9. The number of hydrogen-bond donors (Lipinski definition) is 0. The Kier molecular flexibility index (Phi) is 32.5. The summed E-state index contributed by atoms with van der Waals surface area (Å²) in [6, 6.07) is 11.7. The lowest BCUT2D eigenvalue weighted by Gasteiger charge is -2.38. The van der Waals surface area contributed by atoms with E-state index in [0.29, 0.717) is 149 Å². The third kappa shape index (κ3) is 30.8. The van der Waals surface area contributed by atoms with Gasteiger partial charge in [-0.05, 0) is 198 Å². The van der Waals surface area contributed by atoms with Gasteiger partial charge >= 0.3 is 17.9 Å². The molecule has 2 atom stereocenters. The Morgan fingerprint density at radius 3 is 1.03 bits per heavy atom. The van der Waals surface area contributed by atoms with Crippen molar-refractivity contribution in [2.75, 3.05) is 33.0 Å². The molecule has 3 aromatic heterocycles. The summed E-state index contributed by atoms with van der Waals surface area (Å²) < 4.78 is 87.3. The summed E-state index contributed by atoms with van der Waals surface area (Å²) in [7, 11) is 6.19. The van der Waals surface area contributed by atoms with Crippen LogP contribution in [-0.4, -0.2) is 171 Å². The normalized spacial score (nSPS) is 13.2. The first kappa shape index (κ1) is 87.7. The molecule has 0 bridgehead atoms. The van der Waals surface area contributed by atoms with Crippen molar-refractivity contribution in [3.8, 4) is 34.5 Å². The van der Waals surface area contributed by atoms with Gasteiger partial charge in [0.25, 0.3) is 0 Å². The number of carbonyl (C=O) groups excluding carboxylic acids is 3. The van der Waals surface area contributed by atoms with Gasteiger partial charge in [-0.1, -0.05) is 69.5 Å². The lowest BCUT2D eigenvalue weighted by atomic mass is 9.95. The molecule has 0 aliphatic rings. The molecule has 0 spiro atoms. The molecular formula is C78H122B3N9O16. The molecule has 2 unspecified atom stereocenters. The summed E-state index contributed by atoms with van der Waals surface area (Å²) >= 11 is 0. The molecule has 0 aliphatic heterocycles. The Balaban J connectivity index is 1.01. The second-order valence-corrected chi connectivity index (χ2v) is 32.2. The van der Waals surface area contributed by atoms with E-state index in [1.807, 2.05) is 82.7 Å². The minimum atomic E-state index is -0.646. The van der Waals surface area contributed by atoms with Crippen LogP contribution >= 0.6 is 0 Å². The smallest absolute Gasteiger partial charge is 0.308 e. The highest BCUT2D eigenvalue weighted by Gasteiger charge is 2.35. The van der Waals surface area contributed by atoms with E-state index in [9.17, 15) is 14.4 Å². The van der Waals surface area contributed by atoms with E-state index in [1.54, 1.807) is 14.0 Å². The third-order valence-electron chi connectivity index (χ3n) is 18.3. The quantitative estimate of drug-likeness (QED) is 0.0195. The van der Waals surface area contributed by atoms with Crippen LogP contribution in [-0.2, 0) is 106 Å². The molecule has 0 aliphatic carbocycles. The molecule has 0 saturated heterocycles. The summed E-state index contributed by atoms with van der Waals surface area (Å²) in [6.45, 7) is 45.2. The summed E-state index contributed by atoms with van der Waals surface area (Å²) in [4.78, 5) is 35.7. The number of ether oxygens (including phenoxy) is 13. The molecule has 0 fully saturated rings. The maximum atomic E-state index is 11.9. The Morgan fingerprint density at radius 2 is 0.708 bits per heavy atom. The zero-order valence-electron chi connectivity index (χ0n) is 68.3. The summed E-state index contributed by atoms with van der Waals surface area (Å²) in [6.07, 6.45) is 11.8. The minimum absolute atomic E-state index is 0.154. The molecule has 0 saturated carbocycles. The largest absolute Gasteiger partial charge is 0.483 e. The van der Waals surface area contributed by atoms with E-state index in [1.165, 1.54) is 20.8 Å². The van der Waals surface area contributed by atoms with Crippen LogP contribution in [0.15, 0.2) is 55.0 Å². The van der Waals surface area contributed by atoms with Crippen molar-refractivity contribution in [2.45, 2.75) is 300 Å². The molecule has 584 valence electrons. The van der Waals surface area contributed by atoms with Gasteiger partial charge in [0.2, 0.25) is 0 Å². The van der Waals surface area contributed by atoms with Crippen LogP contribution in [0, 0.1) is 20.8 Å². The molecule has 0 amide bonds. The Bertz CT molecular complexity index is 3790. The summed E-state index contributed by atoms with van der Waals surface area (Å²) in [5.41, 5.74) is 3.81. The molecular weight excluding hydrogens is 1350 g/mol. The number of esters is 3. The first-order valence-electron chi connectivity index (χ1n) is 37.6. The number of benzene rings is 3. The van der Waals surface area contributed by atoms with Crippen molar-refractivity contribution < 1.29 is 76.0 Å². The summed E-state index contributed by atoms with van der Waals surface area (Å²) in [5.74, 6) is 1.45. The number of rotatable bonds is 48. The molecule has 6 rings (SSSR count). The minimum Gasteiger partial charge on any atom is -0.483 e. The van der Waals surface area contributed by atoms with E-state index in [2.05, 4.69) is 151 Å². The average molecular weight is 1470 g/mol. The number of carbonyl (C=O) groups is 3. The predicted octanol–water partition coefficient (Wildman–Crippen LogP) is 10.8. The van der Waals surface area contributed by atoms with Crippen LogP contribution in [0.1, 0.15) is 220 Å². The Labute approximate surface area is 632 Å². The first-order chi connectivity index (χ1) is 49.5. The fraction of sp³-hybridized carbons (Fsp3) is 0.654. The van der Waals surface area contributed by atoms with Gasteiger partial charge in [0, 0.05) is 46.8 Å². The van der Waals surface area contributed by atoms with E-state index < -0.39 is 57.1 Å². The number of hydrogen-bond acceptors (Lipinski definition) is 22. The maximum absolute atomic E-state index is 11.9. The van der Waals surface area contributed by atoms with Crippen LogP contribution in [0.5, 0.6) is 34.5 Å². The van der Waals surface area contributed by atoms with Crippen LogP contribution in [0.4, 0.5) is 0 Å². The molecule has 0 radical (unpaired) electrons. The van der Waals surface area contributed by atoms with Crippen molar-refractivity contribution in [1.29, 1.82) is 0 Å². The lowest BCUT2D eigenvalue weighted by Crippen LogP contribution is -2.43. The Morgan fingerprint density at radius 1 is 0.406 bits per heavy atom. The van der Waals surface area contributed by atoms with Crippen LogP contribution in [0.25, 0.3) is 0 Å². The van der Waals surface area contributed by atoms with Gasteiger partial charge in [-0.3, -0.25) is 28.4 Å².